The summed E-state index contributed by atoms with van der Waals surface area (Å²) in [6.45, 7) is 0. The molecule has 25 heavy (non-hydrogen) atoms. The van der Waals surface area contributed by atoms with Gasteiger partial charge in [-0.15, -0.1) is 0 Å². The molecule has 3 rings (SSSR count). The van der Waals surface area contributed by atoms with Gasteiger partial charge in [0, 0.05) is 0 Å². The molecule has 1 amide bonds. The van der Waals surface area contributed by atoms with E-state index in [1.165, 1.54) is 6.33 Å². The minimum atomic E-state index is -0.234. The van der Waals surface area contributed by atoms with Crippen molar-refractivity contribution in [2.24, 2.45) is 0 Å². The fourth-order valence-electron chi connectivity index (χ4n) is 2.35. The number of carbonyl (C=O) groups excluding carboxylic acids is 1. The van der Waals surface area contributed by atoms with E-state index in [0.29, 0.717) is 6.42 Å². The van der Waals surface area contributed by atoms with E-state index in [-0.39, 0.29) is 29.5 Å². The third-order valence-corrected chi connectivity index (χ3v) is 6.16. The Balaban J connectivity index is 1.66. The van der Waals surface area contributed by atoms with Crippen molar-refractivity contribution in [3.8, 4) is 5.69 Å². The van der Waals surface area contributed by atoms with Crippen LogP contribution in [0.15, 0.2) is 67.3 Å². The second-order valence-electron chi connectivity index (χ2n) is 5.30. The van der Waals surface area contributed by atoms with E-state index in [1.54, 1.807) is 11.0 Å². The molecule has 1 aromatic heterocycles. The van der Waals surface area contributed by atoms with Gasteiger partial charge in [-0.05, 0) is 0 Å². The Hall–Kier alpha value is -1.53. The Kier molecular flexibility index (Phi) is 6.76. The van der Waals surface area contributed by atoms with E-state index in [9.17, 15) is 4.79 Å². The first-order valence-electron chi connectivity index (χ1n) is 7.56. The van der Waals surface area contributed by atoms with E-state index in [1.807, 2.05) is 54.6 Å². The predicted molar refractivity (Wildman–Crippen MR) is 101 cm³/mol. The maximum absolute atomic E-state index is 12.6. The SMILES string of the molecule is O=C(Nc1ccc(-n2cncn2)cc1)C(Cc1ccccc1)N[I-]I. The monoisotopic (exact) mass is 560 g/mol. The molecule has 0 fully saturated rings. The zero-order valence-electron chi connectivity index (χ0n) is 13.1. The molecule has 1 unspecified atom stereocenters. The van der Waals surface area contributed by atoms with Gasteiger partial charge in [0.15, 0.2) is 0 Å². The number of amides is 1. The van der Waals surface area contributed by atoms with Gasteiger partial charge in [0.1, 0.15) is 0 Å². The molecule has 0 saturated carbocycles. The first-order chi connectivity index (χ1) is 12.3. The zero-order valence-corrected chi connectivity index (χ0v) is 17.5. The van der Waals surface area contributed by atoms with Gasteiger partial charge < -0.3 is 0 Å². The molecule has 0 spiro atoms. The van der Waals surface area contributed by atoms with Crippen molar-refractivity contribution in [3.63, 3.8) is 0 Å². The van der Waals surface area contributed by atoms with Gasteiger partial charge in [-0.25, -0.2) is 0 Å². The van der Waals surface area contributed by atoms with E-state index >= 15 is 0 Å². The Morgan fingerprint density at radius 3 is 2.56 bits per heavy atom. The molecule has 1 heterocycles. The molecule has 0 saturated heterocycles. The van der Waals surface area contributed by atoms with Crippen molar-refractivity contribution in [2.75, 3.05) is 5.32 Å². The van der Waals surface area contributed by atoms with Gasteiger partial charge in [0.25, 0.3) is 0 Å². The molecule has 8 heteroatoms. The third kappa shape index (κ3) is 5.22. The predicted octanol–water partition coefficient (Wildman–Crippen LogP) is -0.239. The van der Waals surface area contributed by atoms with Gasteiger partial charge in [0.05, 0.1) is 0 Å². The molecule has 2 aromatic carbocycles. The number of nitrogens with zero attached hydrogens (tertiary/aromatic N) is 3. The standard InChI is InChI=1S/C17H16I2N5O/c18-19-23-16(10-13-4-2-1-3-5-13)17(25)22-14-6-8-15(9-7-14)24-12-20-11-21-24/h1-9,11-12,16,23H,10H2,(H,22,25)/q-1. The summed E-state index contributed by atoms with van der Waals surface area (Å²) in [7, 11) is 0. The molecule has 1 atom stereocenters. The maximum atomic E-state index is 12.6. The van der Waals surface area contributed by atoms with E-state index in [4.69, 9.17) is 0 Å². The minimum absolute atomic E-state index is 0.0197. The quantitative estimate of drug-likeness (QED) is 0.310. The third-order valence-electron chi connectivity index (χ3n) is 3.59. The Morgan fingerprint density at radius 2 is 1.92 bits per heavy atom. The number of aromatic nitrogens is 3. The zero-order chi connectivity index (χ0) is 17.5. The number of anilines is 1. The Bertz CT molecular complexity index is 794. The summed E-state index contributed by atoms with van der Waals surface area (Å²) >= 11 is 2.09. The molecule has 3 aromatic rings. The number of nitrogens with one attached hydrogen (secondary N) is 2. The number of halogens is 2. The van der Waals surface area contributed by atoms with Crippen molar-refractivity contribution in [3.05, 3.63) is 72.8 Å². The molecule has 0 aliphatic carbocycles. The summed E-state index contributed by atoms with van der Waals surface area (Å²) < 4.78 is 5.02. The van der Waals surface area contributed by atoms with Gasteiger partial charge in [-0.1, -0.05) is 0 Å². The van der Waals surface area contributed by atoms with Gasteiger partial charge in [-0.2, -0.15) is 0 Å². The number of rotatable bonds is 7. The fraction of sp³-hybridized carbons (Fsp3) is 0.118. The van der Waals surface area contributed by atoms with Crippen LogP contribution in [0.5, 0.6) is 0 Å². The molecule has 130 valence electrons. The molecule has 0 bridgehead atoms. The number of benzene rings is 2. The molecule has 6 nitrogen and oxygen atoms in total. The molecule has 2 N–H and O–H groups in total. The second-order valence-corrected chi connectivity index (χ2v) is 9.06. The van der Waals surface area contributed by atoms with E-state index < -0.39 is 0 Å². The summed E-state index contributed by atoms with van der Waals surface area (Å²) in [5, 5.41) is 7.07. The summed E-state index contributed by atoms with van der Waals surface area (Å²) in [6, 6.07) is 17.3. The molecule has 0 aliphatic heterocycles. The molecular formula is C17H16I2N5O-. The van der Waals surface area contributed by atoms with Crippen LogP contribution >= 0.6 is 18.6 Å². The van der Waals surface area contributed by atoms with Crippen molar-refractivity contribution in [1.29, 1.82) is 0 Å². The van der Waals surface area contributed by atoms with Crippen molar-refractivity contribution in [2.45, 2.75) is 12.5 Å². The van der Waals surface area contributed by atoms with Gasteiger partial charge >= 0.3 is 167 Å². The van der Waals surface area contributed by atoms with Crippen LogP contribution in [0, 0.1) is 0 Å². The van der Waals surface area contributed by atoms with Crippen molar-refractivity contribution in [1.82, 2.24) is 18.3 Å². The first-order valence-corrected chi connectivity index (χ1v) is 14.9. The van der Waals surface area contributed by atoms with Crippen LogP contribution in [0.25, 0.3) is 5.69 Å². The average Bonchev–Trinajstić information content (AvgIpc) is 3.17. The normalized spacial score (nSPS) is 12.0. The Morgan fingerprint density at radius 1 is 1.16 bits per heavy atom. The molecule has 0 radical (unpaired) electrons. The summed E-state index contributed by atoms with van der Waals surface area (Å²) in [5.74, 6) is -0.0197. The van der Waals surface area contributed by atoms with Gasteiger partial charge in [-0.3, -0.25) is 0 Å². The number of hydrogen-bond donors (Lipinski definition) is 2. The summed E-state index contributed by atoms with van der Waals surface area (Å²) in [6.07, 6.45) is 3.80. The van der Waals surface area contributed by atoms with Crippen LogP contribution in [0.1, 0.15) is 5.56 Å². The number of hydrogen-bond acceptors (Lipinski definition) is 4. The van der Waals surface area contributed by atoms with Crippen LogP contribution in [0.4, 0.5) is 5.69 Å². The van der Waals surface area contributed by atoms with Crippen molar-refractivity contribution < 1.29 is 22.3 Å². The van der Waals surface area contributed by atoms with Crippen LogP contribution in [-0.2, 0) is 11.2 Å². The Labute approximate surface area is 166 Å². The average molecular weight is 560 g/mol. The first kappa shape index (κ1) is 18.3. The van der Waals surface area contributed by atoms with E-state index in [0.717, 1.165) is 16.9 Å². The van der Waals surface area contributed by atoms with Crippen molar-refractivity contribution >= 4 is 30.2 Å². The summed E-state index contributed by atoms with van der Waals surface area (Å²) in [5.41, 5.74) is 2.80. The molecule has 0 aliphatic rings. The fourth-order valence-corrected chi connectivity index (χ4v) is 5.04. The molecular weight excluding hydrogens is 544 g/mol. The second kappa shape index (κ2) is 9.25. The van der Waals surface area contributed by atoms with Crippen LogP contribution in [-0.4, -0.2) is 26.7 Å². The topological polar surface area (TPSA) is 71.8 Å². The van der Waals surface area contributed by atoms with E-state index in [2.05, 4.69) is 37.5 Å². The van der Waals surface area contributed by atoms with Crippen LogP contribution < -0.4 is 26.4 Å². The van der Waals surface area contributed by atoms with Crippen LogP contribution in [0.3, 0.4) is 0 Å². The summed E-state index contributed by atoms with van der Waals surface area (Å²) in [4.78, 5) is 16.6. The van der Waals surface area contributed by atoms with Crippen LogP contribution in [0.2, 0.25) is 0 Å². The number of carbonyl (C=O) groups is 1. The van der Waals surface area contributed by atoms with Gasteiger partial charge in [0.2, 0.25) is 0 Å².